The maximum atomic E-state index is 12.6. The summed E-state index contributed by atoms with van der Waals surface area (Å²) in [6, 6.07) is 4.02. The highest BCUT2D eigenvalue weighted by Gasteiger charge is 2.41. The molecule has 4 heterocycles. The summed E-state index contributed by atoms with van der Waals surface area (Å²) in [5, 5.41) is 4.22. The van der Waals surface area contributed by atoms with Crippen LogP contribution in [0.3, 0.4) is 0 Å². The number of likely N-dealkylation sites (tertiary alicyclic amines) is 2. The van der Waals surface area contributed by atoms with Crippen LogP contribution in [0.1, 0.15) is 36.8 Å². The highest BCUT2D eigenvalue weighted by atomic mass is 16.2. The van der Waals surface area contributed by atoms with Gasteiger partial charge in [-0.15, -0.1) is 0 Å². The van der Waals surface area contributed by atoms with Crippen LogP contribution in [-0.2, 0) is 22.6 Å². The summed E-state index contributed by atoms with van der Waals surface area (Å²) < 4.78 is 1.71. The van der Waals surface area contributed by atoms with Crippen molar-refractivity contribution in [1.82, 2.24) is 24.6 Å². The van der Waals surface area contributed by atoms with Crippen LogP contribution in [0.2, 0.25) is 0 Å². The summed E-state index contributed by atoms with van der Waals surface area (Å²) in [5.41, 5.74) is 2.43. The van der Waals surface area contributed by atoms with Crippen molar-refractivity contribution in [3.8, 4) is 0 Å². The largest absolute Gasteiger partial charge is 0.342 e. The minimum atomic E-state index is 0.129. The van der Waals surface area contributed by atoms with E-state index in [0.29, 0.717) is 13.0 Å². The molecular formula is C22H29N5O2. The normalized spacial score (nSPS) is 19.0. The van der Waals surface area contributed by atoms with Gasteiger partial charge in [0.25, 0.3) is 0 Å². The van der Waals surface area contributed by atoms with E-state index >= 15 is 0 Å². The van der Waals surface area contributed by atoms with Crippen molar-refractivity contribution < 1.29 is 9.59 Å². The van der Waals surface area contributed by atoms with Crippen molar-refractivity contribution in [1.29, 1.82) is 0 Å². The van der Waals surface area contributed by atoms with Crippen LogP contribution in [0.25, 0.3) is 0 Å². The van der Waals surface area contributed by atoms with E-state index in [9.17, 15) is 9.59 Å². The quantitative estimate of drug-likeness (QED) is 0.777. The Morgan fingerprint density at radius 3 is 2.62 bits per heavy atom. The van der Waals surface area contributed by atoms with E-state index in [1.54, 1.807) is 23.3 Å². The maximum absolute atomic E-state index is 12.6. The first-order valence-corrected chi connectivity index (χ1v) is 10.5. The molecule has 0 bridgehead atoms. The van der Waals surface area contributed by atoms with Crippen molar-refractivity contribution in [3.63, 3.8) is 0 Å². The van der Waals surface area contributed by atoms with Crippen molar-refractivity contribution in [2.45, 2.75) is 45.6 Å². The molecule has 2 aliphatic rings. The Morgan fingerprint density at radius 1 is 1.17 bits per heavy atom. The second-order valence-electron chi connectivity index (χ2n) is 8.52. The third kappa shape index (κ3) is 4.66. The topological polar surface area (TPSA) is 71.3 Å². The van der Waals surface area contributed by atoms with Gasteiger partial charge in [-0.2, -0.15) is 5.10 Å². The third-order valence-electron chi connectivity index (χ3n) is 6.40. The lowest BCUT2D eigenvalue weighted by Gasteiger charge is -2.47. The predicted molar refractivity (Wildman–Crippen MR) is 109 cm³/mol. The van der Waals surface area contributed by atoms with Crippen LogP contribution in [0.15, 0.2) is 36.9 Å². The summed E-state index contributed by atoms with van der Waals surface area (Å²) in [5.74, 6) is 0.390. The summed E-state index contributed by atoms with van der Waals surface area (Å²) in [4.78, 5) is 33.1. The molecule has 0 atom stereocenters. The molecule has 154 valence electrons. The molecule has 7 heteroatoms. The standard InChI is InChI=1S/C22H29N5O2/c1-18-14-24-27(15-18)16-21(29)25-12-7-22(8-13-25)6-2-20(28)26(17-22)11-5-19-3-9-23-10-4-19/h3-4,9-10,14-15H,2,5-8,11-13,16-17H2,1H3. The number of carbonyl (C=O) groups is 2. The molecule has 0 aliphatic carbocycles. The lowest BCUT2D eigenvalue weighted by molar-refractivity contribution is -0.142. The van der Waals surface area contributed by atoms with E-state index in [4.69, 9.17) is 0 Å². The number of aryl methyl sites for hydroxylation is 1. The summed E-state index contributed by atoms with van der Waals surface area (Å²) >= 11 is 0. The highest BCUT2D eigenvalue weighted by molar-refractivity contribution is 5.77. The zero-order chi connectivity index (χ0) is 20.3. The second-order valence-corrected chi connectivity index (χ2v) is 8.52. The Morgan fingerprint density at radius 2 is 1.93 bits per heavy atom. The minimum Gasteiger partial charge on any atom is -0.342 e. The van der Waals surface area contributed by atoms with E-state index < -0.39 is 0 Å². The van der Waals surface area contributed by atoms with Gasteiger partial charge in [0.05, 0.1) is 6.20 Å². The molecule has 2 fully saturated rings. The van der Waals surface area contributed by atoms with Gasteiger partial charge in [0.15, 0.2) is 0 Å². The zero-order valence-electron chi connectivity index (χ0n) is 17.1. The number of rotatable bonds is 5. The molecule has 0 aromatic carbocycles. The Labute approximate surface area is 171 Å². The Hall–Kier alpha value is -2.70. The van der Waals surface area contributed by atoms with Crippen molar-refractivity contribution in [2.24, 2.45) is 5.41 Å². The predicted octanol–water partition coefficient (Wildman–Crippen LogP) is 2.06. The maximum Gasteiger partial charge on any atom is 0.244 e. The molecule has 29 heavy (non-hydrogen) atoms. The first kappa shape index (κ1) is 19.6. The summed E-state index contributed by atoms with van der Waals surface area (Å²) in [7, 11) is 0. The number of amides is 2. The van der Waals surface area contributed by atoms with Gasteiger partial charge in [-0.25, -0.2) is 0 Å². The van der Waals surface area contributed by atoms with Crippen LogP contribution >= 0.6 is 0 Å². The lowest BCUT2D eigenvalue weighted by Crippen LogP contribution is -2.53. The smallest absolute Gasteiger partial charge is 0.244 e. The fraction of sp³-hybridized carbons (Fsp3) is 0.545. The molecule has 0 unspecified atom stereocenters. The van der Waals surface area contributed by atoms with Gasteiger partial charge < -0.3 is 9.80 Å². The van der Waals surface area contributed by atoms with E-state index in [2.05, 4.69) is 10.1 Å². The molecule has 2 aliphatic heterocycles. The van der Waals surface area contributed by atoms with Crippen LogP contribution in [0.5, 0.6) is 0 Å². The third-order valence-corrected chi connectivity index (χ3v) is 6.40. The van der Waals surface area contributed by atoms with Crippen molar-refractivity contribution in [3.05, 3.63) is 48.0 Å². The van der Waals surface area contributed by atoms with E-state index in [-0.39, 0.29) is 17.2 Å². The minimum absolute atomic E-state index is 0.129. The van der Waals surface area contributed by atoms with Gasteiger partial charge in [0.1, 0.15) is 6.54 Å². The number of nitrogens with zero attached hydrogens (tertiary/aromatic N) is 5. The van der Waals surface area contributed by atoms with Crippen LogP contribution in [-0.4, -0.2) is 62.6 Å². The van der Waals surface area contributed by atoms with E-state index in [1.807, 2.05) is 35.1 Å². The molecule has 1 spiro atoms. The van der Waals surface area contributed by atoms with Gasteiger partial charge in [-0.05, 0) is 61.3 Å². The second kappa shape index (κ2) is 8.35. The fourth-order valence-corrected chi connectivity index (χ4v) is 4.55. The molecule has 4 rings (SSSR count). The molecule has 2 saturated heterocycles. The van der Waals surface area contributed by atoms with E-state index in [0.717, 1.165) is 57.4 Å². The zero-order valence-corrected chi connectivity index (χ0v) is 17.1. The molecule has 0 radical (unpaired) electrons. The Bertz CT molecular complexity index is 855. The summed E-state index contributed by atoms with van der Waals surface area (Å²) in [6.45, 7) is 5.39. The average molecular weight is 396 g/mol. The summed E-state index contributed by atoms with van der Waals surface area (Å²) in [6.07, 6.45) is 11.6. The SMILES string of the molecule is Cc1cnn(CC(=O)N2CCC3(CCC(=O)N(CCc4ccncc4)C3)CC2)c1. The number of hydrogen-bond acceptors (Lipinski definition) is 4. The van der Waals surface area contributed by atoms with Gasteiger partial charge in [0.2, 0.25) is 11.8 Å². The first-order valence-electron chi connectivity index (χ1n) is 10.5. The van der Waals surface area contributed by atoms with Crippen LogP contribution in [0.4, 0.5) is 0 Å². The van der Waals surface area contributed by atoms with Gasteiger partial charge in [-0.3, -0.25) is 19.3 Å². The molecule has 2 aromatic heterocycles. The average Bonchev–Trinajstić information content (AvgIpc) is 3.15. The lowest BCUT2D eigenvalue weighted by atomic mass is 9.72. The molecular weight excluding hydrogens is 366 g/mol. The Kier molecular flexibility index (Phi) is 5.65. The molecule has 0 saturated carbocycles. The number of carbonyl (C=O) groups excluding carboxylic acids is 2. The first-order chi connectivity index (χ1) is 14.0. The number of pyridine rings is 1. The highest BCUT2D eigenvalue weighted by Crippen LogP contribution is 2.40. The Balaban J connectivity index is 1.31. The van der Waals surface area contributed by atoms with Crippen LogP contribution < -0.4 is 0 Å². The number of aromatic nitrogens is 3. The van der Waals surface area contributed by atoms with Gasteiger partial charge in [0, 0.05) is 51.2 Å². The molecule has 2 aromatic rings. The van der Waals surface area contributed by atoms with Crippen molar-refractivity contribution in [2.75, 3.05) is 26.2 Å². The van der Waals surface area contributed by atoms with Crippen LogP contribution in [0, 0.1) is 12.3 Å². The molecule has 2 amide bonds. The monoisotopic (exact) mass is 395 g/mol. The fourth-order valence-electron chi connectivity index (χ4n) is 4.55. The van der Waals surface area contributed by atoms with E-state index in [1.165, 1.54) is 5.56 Å². The molecule has 0 N–H and O–H groups in total. The number of piperidine rings is 2. The number of hydrogen-bond donors (Lipinski definition) is 0. The van der Waals surface area contributed by atoms with Crippen molar-refractivity contribution >= 4 is 11.8 Å². The molecule has 7 nitrogen and oxygen atoms in total. The van der Waals surface area contributed by atoms with Gasteiger partial charge >= 0.3 is 0 Å². The van der Waals surface area contributed by atoms with Gasteiger partial charge in [-0.1, -0.05) is 0 Å².